The van der Waals surface area contributed by atoms with Crippen LogP contribution in [0, 0.1) is 0 Å². The highest BCUT2D eigenvalue weighted by Crippen LogP contribution is 2.16. The fourth-order valence-corrected chi connectivity index (χ4v) is 3.60. The van der Waals surface area contributed by atoms with Crippen LogP contribution in [0.3, 0.4) is 0 Å². The molecule has 132 valence electrons. The number of carbonyl (C=O) groups excluding carboxylic acids is 1. The molecule has 1 fully saturated rings. The van der Waals surface area contributed by atoms with Gasteiger partial charge < -0.3 is 15.1 Å². The van der Waals surface area contributed by atoms with E-state index >= 15 is 0 Å². The predicted octanol–water partition coefficient (Wildman–Crippen LogP) is 0.531. The Morgan fingerprint density at radius 3 is 2.76 bits per heavy atom. The number of para-hydroxylation sites is 1. The van der Waals surface area contributed by atoms with Crippen LogP contribution < -0.4 is 10.2 Å². The van der Waals surface area contributed by atoms with E-state index in [9.17, 15) is 4.79 Å². The molecule has 1 saturated heterocycles. The number of anilines is 1. The zero-order valence-electron chi connectivity index (χ0n) is 14.3. The Morgan fingerprint density at radius 1 is 1.16 bits per heavy atom. The molecule has 1 atom stereocenters. The molecule has 1 amide bonds. The molecule has 4 rings (SSSR count). The van der Waals surface area contributed by atoms with Gasteiger partial charge in [0.05, 0.1) is 13.1 Å². The minimum absolute atomic E-state index is 0.192. The summed E-state index contributed by atoms with van der Waals surface area (Å²) >= 11 is 0. The first-order valence-corrected chi connectivity index (χ1v) is 8.97. The largest absolute Gasteiger partial charge is 0.368 e. The van der Waals surface area contributed by atoms with Crippen LogP contribution in [0.4, 0.5) is 5.69 Å². The summed E-state index contributed by atoms with van der Waals surface area (Å²) in [5.41, 5.74) is 1.23. The third-order valence-corrected chi connectivity index (χ3v) is 5.10. The summed E-state index contributed by atoms with van der Waals surface area (Å²) in [6.07, 6.45) is 3.53. The van der Waals surface area contributed by atoms with Crippen molar-refractivity contribution in [1.82, 2.24) is 25.0 Å². The molecule has 1 aromatic heterocycles. The highest BCUT2D eigenvalue weighted by molar-refractivity contribution is 5.78. The van der Waals surface area contributed by atoms with Crippen molar-refractivity contribution >= 4 is 11.6 Å². The van der Waals surface area contributed by atoms with Gasteiger partial charge in [0, 0.05) is 44.3 Å². The van der Waals surface area contributed by atoms with Crippen molar-refractivity contribution in [1.29, 1.82) is 0 Å². The number of rotatable bonds is 4. The molecule has 3 heterocycles. The highest BCUT2D eigenvalue weighted by Gasteiger charge is 2.23. The second-order valence-corrected chi connectivity index (χ2v) is 6.68. The van der Waals surface area contributed by atoms with Gasteiger partial charge in [0.25, 0.3) is 0 Å². The van der Waals surface area contributed by atoms with Crippen molar-refractivity contribution in [3.63, 3.8) is 0 Å². The van der Waals surface area contributed by atoms with E-state index in [-0.39, 0.29) is 5.91 Å². The number of aryl methyl sites for hydroxylation is 1. The number of carbonyl (C=O) groups is 1. The number of hydrogen-bond acceptors (Lipinski definition) is 5. The van der Waals surface area contributed by atoms with Gasteiger partial charge in [-0.25, -0.2) is 9.67 Å². The third kappa shape index (κ3) is 3.66. The van der Waals surface area contributed by atoms with Crippen LogP contribution in [0.25, 0.3) is 0 Å². The van der Waals surface area contributed by atoms with Gasteiger partial charge in [-0.15, -0.1) is 0 Å². The molecular formula is C18H24N6O. The highest BCUT2D eigenvalue weighted by atomic mass is 16.2. The van der Waals surface area contributed by atoms with Gasteiger partial charge in [-0.2, -0.15) is 5.10 Å². The number of benzene rings is 1. The van der Waals surface area contributed by atoms with E-state index in [1.54, 1.807) is 6.33 Å². The van der Waals surface area contributed by atoms with Gasteiger partial charge >= 0.3 is 0 Å². The van der Waals surface area contributed by atoms with Crippen molar-refractivity contribution in [2.45, 2.75) is 25.4 Å². The van der Waals surface area contributed by atoms with Crippen LogP contribution in [0.1, 0.15) is 12.2 Å². The van der Waals surface area contributed by atoms with Gasteiger partial charge in [0.15, 0.2) is 0 Å². The fourth-order valence-electron chi connectivity index (χ4n) is 3.60. The van der Waals surface area contributed by atoms with Crippen molar-refractivity contribution in [3.8, 4) is 0 Å². The van der Waals surface area contributed by atoms with E-state index in [4.69, 9.17) is 0 Å². The molecule has 2 aliphatic rings. The van der Waals surface area contributed by atoms with Crippen molar-refractivity contribution < 1.29 is 4.79 Å². The lowest BCUT2D eigenvalue weighted by atomic mass is 10.1. The van der Waals surface area contributed by atoms with Crippen molar-refractivity contribution in [3.05, 3.63) is 42.5 Å². The summed E-state index contributed by atoms with van der Waals surface area (Å²) in [5, 5.41) is 7.62. The maximum Gasteiger partial charge on any atom is 0.236 e. The lowest BCUT2D eigenvalue weighted by molar-refractivity contribution is -0.130. The molecule has 0 bridgehead atoms. The van der Waals surface area contributed by atoms with Crippen LogP contribution in [-0.2, 0) is 17.8 Å². The zero-order chi connectivity index (χ0) is 17.1. The normalized spacial score (nSPS) is 20.4. The van der Waals surface area contributed by atoms with E-state index < -0.39 is 0 Å². The summed E-state index contributed by atoms with van der Waals surface area (Å²) in [6.45, 7) is 4.55. The van der Waals surface area contributed by atoms with Crippen LogP contribution in [0.2, 0.25) is 0 Å². The monoisotopic (exact) mass is 340 g/mol. The topological polar surface area (TPSA) is 66.3 Å². The van der Waals surface area contributed by atoms with Gasteiger partial charge in [-0.3, -0.25) is 4.79 Å². The molecule has 2 aromatic rings. The minimum Gasteiger partial charge on any atom is -0.368 e. The van der Waals surface area contributed by atoms with E-state index in [1.165, 1.54) is 5.69 Å². The van der Waals surface area contributed by atoms with Crippen LogP contribution >= 0.6 is 0 Å². The van der Waals surface area contributed by atoms with Crippen LogP contribution in [-0.4, -0.2) is 64.3 Å². The Morgan fingerprint density at radius 2 is 1.96 bits per heavy atom. The number of fused-ring (bicyclic) bond motifs is 1. The Hall–Kier alpha value is -2.41. The molecule has 25 heavy (non-hydrogen) atoms. The van der Waals surface area contributed by atoms with E-state index in [2.05, 4.69) is 44.6 Å². The number of amides is 1. The smallest absolute Gasteiger partial charge is 0.236 e. The second-order valence-electron chi connectivity index (χ2n) is 6.68. The summed E-state index contributed by atoms with van der Waals surface area (Å²) in [6, 6.07) is 10.7. The first-order chi connectivity index (χ1) is 12.3. The Bertz CT molecular complexity index is 707. The lowest BCUT2D eigenvalue weighted by Crippen LogP contribution is -2.52. The second kappa shape index (κ2) is 7.23. The maximum absolute atomic E-state index is 12.5. The Kier molecular flexibility index (Phi) is 4.65. The van der Waals surface area contributed by atoms with Crippen molar-refractivity contribution in [2.24, 2.45) is 0 Å². The standard InChI is InChI=1S/C18H24N6O/c25-18(12-19-15-6-7-17-20-14-21-24(17)13-15)23-10-8-22(9-11-23)16-4-2-1-3-5-16/h1-5,14-15,19H,6-13H2/t15-/m1/s1. The van der Waals surface area contributed by atoms with E-state index in [0.717, 1.165) is 51.4 Å². The fraction of sp³-hybridized carbons (Fsp3) is 0.500. The average molecular weight is 340 g/mol. The van der Waals surface area contributed by atoms with Gasteiger partial charge in [0.1, 0.15) is 12.2 Å². The molecule has 0 spiro atoms. The molecule has 2 aliphatic heterocycles. The van der Waals surface area contributed by atoms with Gasteiger partial charge in [-0.1, -0.05) is 18.2 Å². The van der Waals surface area contributed by atoms with Crippen molar-refractivity contribution in [2.75, 3.05) is 37.6 Å². The molecule has 1 aromatic carbocycles. The molecule has 7 nitrogen and oxygen atoms in total. The maximum atomic E-state index is 12.5. The first-order valence-electron chi connectivity index (χ1n) is 8.97. The molecular weight excluding hydrogens is 316 g/mol. The summed E-state index contributed by atoms with van der Waals surface area (Å²) in [7, 11) is 0. The molecule has 7 heteroatoms. The lowest BCUT2D eigenvalue weighted by Gasteiger charge is -2.36. The number of nitrogens with zero attached hydrogens (tertiary/aromatic N) is 5. The molecule has 0 radical (unpaired) electrons. The predicted molar refractivity (Wildman–Crippen MR) is 95.4 cm³/mol. The first kappa shape index (κ1) is 16.1. The van der Waals surface area contributed by atoms with E-state index in [0.29, 0.717) is 12.6 Å². The molecule has 1 N–H and O–H groups in total. The zero-order valence-corrected chi connectivity index (χ0v) is 14.3. The number of hydrogen-bond donors (Lipinski definition) is 1. The Balaban J connectivity index is 1.23. The molecule has 0 saturated carbocycles. The number of aromatic nitrogens is 3. The summed E-state index contributed by atoms with van der Waals surface area (Å²) in [4.78, 5) is 21.0. The van der Waals surface area contributed by atoms with Crippen LogP contribution in [0.15, 0.2) is 36.7 Å². The quantitative estimate of drug-likeness (QED) is 0.880. The number of nitrogens with one attached hydrogen (secondary N) is 1. The average Bonchev–Trinajstić information content (AvgIpc) is 3.15. The third-order valence-electron chi connectivity index (χ3n) is 5.10. The molecule has 0 unspecified atom stereocenters. The summed E-state index contributed by atoms with van der Waals surface area (Å²) < 4.78 is 1.93. The van der Waals surface area contributed by atoms with Crippen LogP contribution in [0.5, 0.6) is 0 Å². The molecule has 0 aliphatic carbocycles. The van der Waals surface area contributed by atoms with Gasteiger partial charge in [0.2, 0.25) is 5.91 Å². The minimum atomic E-state index is 0.192. The number of piperazine rings is 1. The summed E-state index contributed by atoms with van der Waals surface area (Å²) in [5.74, 6) is 1.23. The van der Waals surface area contributed by atoms with E-state index in [1.807, 2.05) is 15.6 Å². The Labute approximate surface area is 147 Å². The SMILES string of the molecule is O=C(CN[C@@H]1CCc2ncnn2C1)N1CCN(c2ccccc2)CC1. The van der Waals surface area contributed by atoms with Gasteiger partial charge in [-0.05, 0) is 18.6 Å².